The van der Waals surface area contributed by atoms with Crippen molar-refractivity contribution in [2.75, 3.05) is 5.32 Å². The van der Waals surface area contributed by atoms with Gasteiger partial charge in [-0.15, -0.1) is 0 Å². The average Bonchev–Trinajstić information content (AvgIpc) is 2.81. The van der Waals surface area contributed by atoms with Gasteiger partial charge < -0.3 is 11.1 Å². The van der Waals surface area contributed by atoms with Crippen molar-refractivity contribution >= 4 is 17.3 Å². The van der Waals surface area contributed by atoms with E-state index in [1.165, 1.54) is 18.2 Å². The quantitative estimate of drug-likeness (QED) is 0.630. The number of nitro benzene ring substituents is 1. The highest BCUT2D eigenvalue weighted by Crippen LogP contribution is 2.29. The summed E-state index contributed by atoms with van der Waals surface area (Å²) in [5, 5.41) is 14.1. The van der Waals surface area contributed by atoms with Gasteiger partial charge in [-0.1, -0.05) is 12.8 Å². The summed E-state index contributed by atoms with van der Waals surface area (Å²) < 4.78 is 0. The molecule has 0 spiro atoms. The molecule has 0 heterocycles. The molecule has 3 N–H and O–H groups in total. The summed E-state index contributed by atoms with van der Waals surface area (Å²) in [6, 6.07) is 4.39. The van der Waals surface area contributed by atoms with Gasteiger partial charge >= 0.3 is 0 Å². The zero-order valence-electron chi connectivity index (χ0n) is 9.89. The molecule has 2 rings (SSSR count). The van der Waals surface area contributed by atoms with Gasteiger partial charge in [0.05, 0.1) is 4.92 Å². The fraction of sp³-hybridized carbons (Fsp3) is 0.417. The number of primary amides is 1. The van der Waals surface area contributed by atoms with E-state index in [9.17, 15) is 14.9 Å². The first-order chi connectivity index (χ1) is 8.58. The number of nitrogens with zero attached hydrogens (tertiary/aromatic N) is 1. The van der Waals surface area contributed by atoms with Crippen LogP contribution >= 0.6 is 0 Å². The van der Waals surface area contributed by atoms with Gasteiger partial charge in [-0.05, 0) is 25.0 Å². The van der Waals surface area contributed by atoms with Crippen molar-refractivity contribution in [3.8, 4) is 0 Å². The molecule has 6 heteroatoms. The van der Waals surface area contributed by atoms with E-state index in [0.29, 0.717) is 5.69 Å². The van der Waals surface area contributed by atoms with Crippen LogP contribution in [0.2, 0.25) is 0 Å². The van der Waals surface area contributed by atoms with E-state index < -0.39 is 10.8 Å². The molecule has 1 aliphatic rings. The maximum atomic E-state index is 11.1. The predicted molar refractivity (Wildman–Crippen MR) is 67.5 cm³/mol. The molecule has 1 saturated carbocycles. The summed E-state index contributed by atoms with van der Waals surface area (Å²) >= 11 is 0. The second-order valence-corrected chi connectivity index (χ2v) is 4.48. The highest BCUT2D eigenvalue weighted by atomic mass is 16.6. The van der Waals surface area contributed by atoms with Crippen LogP contribution in [0.15, 0.2) is 18.2 Å². The van der Waals surface area contributed by atoms with E-state index in [1.807, 2.05) is 0 Å². The fourth-order valence-electron chi connectivity index (χ4n) is 2.25. The predicted octanol–water partition coefficient (Wildman–Crippen LogP) is 2.05. The first-order valence-corrected chi connectivity index (χ1v) is 5.92. The third-order valence-corrected chi connectivity index (χ3v) is 3.19. The van der Waals surface area contributed by atoms with Crippen LogP contribution in [0.25, 0.3) is 0 Å². The second kappa shape index (κ2) is 5.03. The number of nitro groups is 1. The second-order valence-electron chi connectivity index (χ2n) is 4.48. The molecule has 0 aliphatic heterocycles. The Morgan fingerprint density at radius 1 is 1.39 bits per heavy atom. The van der Waals surface area contributed by atoms with Gasteiger partial charge in [-0.2, -0.15) is 0 Å². The molecule has 0 unspecified atom stereocenters. The SMILES string of the molecule is NC(=O)c1ccc([N+](=O)[O-])c(NC2CCCC2)c1. The van der Waals surface area contributed by atoms with Gasteiger partial charge in [0.15, 0.2) is 0 Å². The van der Waals surface area contributed by atoms with Crippen LogP contribution in [0.5, 0.6) is 0 Å². The Kier molecular flexibility index (Phi) is 3.45. The maximum absolute atomic E-state index is 11.1. The molecule has 0 saturated heterocycles. The van der Waals surface area contributed by atoms with E-state index in [1.54, 1.807) is 0 Å². The molecule has 18 heavy (non-hydrogen) atoms. The van der Waals surface area contributed by atoms with Crippen molar-refractivity contribution in [1.82, 2.24) is 0 Å². The summed E-state index contributed by atoms with van der Waals surface area (Å²) in [4.78, 5) is 21.6. The molecule has 6 nitrogen and oxygen atoms in total. The fourth-order valence-corrected chi connectivity index (χ4v) is 2.25. The normalized spacial score (nSPS) is 15.6. The van der Waals surface area contributed by atoms with Gasteiger partial charge in [-0.25, -0.2) is 0 Å². The number of rotatable bonds is 4. The highest BCUT2D eigenvalue weighted by molar-refractivity contribution is 5.94. The minimum atomic E-state index is -0.584. The van der Waals surface area contributed by atoms with E-state index in [0.717, 1.165) is 25.7 Å². The topological polar surface area (TPSA) is 98.3 Å². The van der Waals surface area contributed by atoms with Crippen molar-refractivity contribution in [3.63, 3.8) is 0 Å². The zero-order chi connectivity index (χ0) is 13.1. The lowest BCUT2D eigenvalue weighted by atomic mass is 10.1. The number of carbonyl (C=O) groups excluding carboxylic acids is 1. The monoisotopic (exact) mass is 249 g/mol. The first-order valence-electron chi connectivity index (χ1n) is 5.92. The van der Waals surface area contributed by atoms with Crippen LogP contribution in [0, 0.1) is 10.1 Å². The minimum absolute atomic E-state index is 0.0214. The molecule has 96 valence electrons. The lowest BCUT2D eigenvalue weighted by Crippen LogP contribution is -2.17. The number of amides is 1. The average molecular weight is 249 g/mol. The van der Waals surface area contributed by atoms with Crippen LogP contribution in [-0.4, -0.2) is 16.9 Å². The smallest absolute Gasteiger partial charge is 0.292 e. The van der Waals surface area contributed by atoms with Crippen LogP contribution in [0.4, 0.5) is 11.4 Å². The van der Waals surface area contributed by atoms with Gasteiger partial charge in [-0.3, -0.25) is 14.9 Å². The Labute approximate surface area is 104 Å². The molecule has 1 fully saturated rings. The summed E-state index contributed by atoms with van der Waals surface area (Å²) in [6.45, 7) is 0. The molecule has 0 radical (unpaired) electrons. The van der Waals surface area contributed by atoms with Crippen LogP contribution < -0.4 is 11.1 Å². The Balaban J connectivity index is 2.30. The number of benzene rings is 1. The standard InChI is InChI=1S/C12H15N3O3/c13-12(16)8-5-6-11(15(17)18)10(7-8)14-9-3-1-2-4-9/h5-7,9,14H,1-4H2,(H2,13,16). The van der Waals surface area contributed by atoms with E-state index in [2.05, 4.69) is 5.32 Å². The maximum Gasteiger partial charge on any atom is 0.292 e. The summed E-state index contributed by atoms with van der Waals surface area (Å²) in [5.74, 6) is -0.584. The summed E-state index contributed by atoms with van der Waals surface area (Å²) in [6.07, 6.45) is 4.25. The Morgan fingerprint density at radius 3 is 2.61 bits per heavy atom. The van der Waals surface area contributed by atoms with Crippen molar-refractivity contribution in [2.45, 2.75) is 31.7 Å². The molecule has 1 aromatic rings. The molecular weight excluding hydrogens is 234 g/mol. The van der Waals surface area contributed by atoms with Gasteiger partial charge in [0.25, 0.3) is 5.69 Å². The Morgan fingerprint density at radius 2 is 2.06 bits per heavy atom. The largest absolute Gasteiger partial charge is 0.377 e. The lowest BCUT2D eigenvalue weighted by molar-refractivity contribution is -0.384. The first kappa shape index (κ1) is 12.3. The number of nitrogens with one attached hydrogen (secondary N) is 1. The minimum Gasteiger partial charge on any atom is -0.377 e. The van der Waals surface area contributed by atoms with Crippen LogP contribution in [-0.2, 0) is 0 Å². The van der Waals surface area contributed by atoms with Crippen molar-refractivity contribution in [2.24, 2.45) is 5.73 Å². The van der Waals surface area contributed by atoms with E-state index in [4.69, 9.17) is 5.73 Å². The third-order valence-electron chi connectivity index (χ3n) is 3.19. The molecule has 0 atom stereocenters. The Hall–Kier alpha value is -2.11. The summed E-state index contributed by atoms with van der Waals surface area (Å²) in [7, 11) is 0. The van der Waals surface area contributed by atoms with E-state index >= 15 is 0 Å². The number of hydrogen-bond acceptors (Lipinski definition) is 4. The molecule has 1 amide bonds. The molecule has 1 aromatic carbocycles. The van der Waals surface area contributed by atoms with Crippen LogP contribution in [0.1, 0.15) is 36.0 Å². The van der Waals surface area contributed by atoms with Crippen molar-refractivity contribution in [3.05, 3.63) is 33.9 Å². The lowest BCUT2D eigenvalue weighted by Gasteiger charge is -2.14. The van der Waals surface area contributed by atoms with Crippen LogP contribution in [0.3, 0.4) is 0 Å². The third kappa shape index (κ3) is 2.58. The Bertz CT molecular complexity index is 481. The molecular formula is C12H15N3O3. The van der Waals surface area contributed by atoms with Crippen molar-refractivity contribution < 1.29 is 9.72 Å². The van der Waals surface area contributed by atoms with Gasteiger partial charge in [0.1, 0.15) is 5.69 Å². The molecule has 0 aromatic heterocycles. The number of carbonyl (C=O) groups is 1. The zero-order valence-corrected chi connectivity index (χ0v) is 9.89. The van der Waals surface area contributed by atoms with E-state index in [-0.39, 0.29) is 17.3 Å². The molecule has 0 bridgehead atoms. The summed E-state index contributed by atoms with van der Waals surface area (Å²) in [5.41, 5.74) is 5.82. The molecule has 1 aliphatic carbocycles. The van der Waals surface area contributed by atoms with Gasteiger partial charge in [0.2, 0.25) is 5.91 Å². The van der Waals surface area contributed by atoms with Crippen molar-refractivity contribution in [1.29, 1.82) is 0 Å². The number of anilines is 1. The number of hydrogen-bond donors (Lipinski definition) is 2. The van der Waals surface area contributed by atoms with Gasteiger partial charge in [0, 0.05) is 17.7 Å². The highest BCUT2D eigenvalue weighted by Gasteiger charge is 2.21. The number of nitrogens with two attached hydrogens (primary N) is 1.